The fourth-order valence-corrected chi connectivity index (χ4v) is 2.08. The smallest absolute Gasteiger partial charge is 0.413 e. The Morgan fingerprint density at radius 1 is 1.39 bits per heavy atom. The van der Waals surface area contributed by atoms with E-state index in [1.807, 2.05) is 0 Å². The van der Waals surface area contributed by atoms with Gasteiger partial charge in [-0.25, -0.2) is 4.79 Å². The van der Waals surface area contributed by atoms with E-state index in [1.54, 1.807) is 20.8 Å². The number of rotatable bonds is 1. The van der Waals surface area contributed by atoms with Crippen molar-refractivity contribution in [2.24, 2.45) is 5.73 Å². The maximum absolute atomic E-state index is 13.1. The maximum Gasteiger partial charge on any atom is 0.413 e. The summed E-state index contributed by atoms with van der Waals surface area (Å²) in [6, 6.07) is 0. The van der Waals surface area contributed by atoms with Crippen LogP contribution in [0.5, 0.6) is 0 Å². The predicted octanol–water partition coefficient (Wildman–Crippen LogP) is 2.28. The Kier molecular flexibility index (Phi) is 3.86. The summed E-state index contributed by atoms with van der Waals surface area (Å²) in [6.45, 7) is 4.21. The van der Waals surface area contributed by atoms with Gasteiger partial charge in [-0.3, -0.25) is 4.90 Å². The van der Waals surface area contributed by atoms with Crippen LogP contribution < -0.4 is 5.73 Å². The SMILES string of the molecule is CC(C)(C)OC(=O)N1CCC[C@]1(CN)C(F)(F)F. The van der Waals surface area contributed by atoms with Gasteiger partial charge in [0.1, 0.15) is 5.60 Å². The summed E-state index contributed by atoms with van der Waals surface area (Å²) in [5, 5.41) is 0. The quantitative estimate of drug-likeness (QED) is 0.793. The van der Waals surface area contributed by atoms with Crippen molar-refractivity contribution in [2.75, 3.05) is 13.1 Å². The third kappa shape index (κ3) is 2.71. The van der Waals surface area contributed by atoms with Crippen LogP contribution in [-0.4, -0.2) is 41.4 Å². The Labute approximate surface area is 104 Å². The number of carbonyl (C=O) groups is 1. The molecule has 0 aromatic carbocycles. The summed E-state index contributed by atoms with van der Waals surface area (Å²) in [6.07, 6.45) is -5.40. The number of ether oxygens (including phenoxy) is 1. The average molecular weight is 268 g/mol. The lowest BCUT2D eigenvalue weighted by molar-refractivity contribution is -0.215. The molecule has 18 heavy (non-hydrogen) atoms. The number of amides is 1. The van der Waals surface area contributed by atoms with Crippen LogP contribution in [0, 0.1) is 0 Å². The molecule has 4 nitrogen and oxygen atoms in total. The normalized spacial score (nSPS) is 25.4. The second kappa shape index (κ2) is 4.60. The molecule has 0 spiro atoms. The monoisotopic (exact) mass is 268 g/mol. The van der Waals surface area contributed by atoms with Gasteiger partial charge >= 0.3 is 12.3 Å². The highest BCUT2D eigenvalue weighted by atomic mass is 19.4. The van der Waals surface area contributed by atoms with Crippen molar-refractivity contribution < 1.29 is 22.7 Å². The van der Waals surface area contributed by atoms with E-state index in [4.69, 9.17) is 10.5 Å². The molecule has 1 amide bonds. The summed E-state index contributed by atoms with van der Waals surface area (Å²) in [7, 11) is 0. The predicted molar refractivity (Wildman–Crippen MR) is 60.0 cm³/mol. The molecule has 1 rings (SSSR count). The van der Waals surface area contributed by atoms with Gasteiger partial charge in [-0.2, -0.15) is 13.2 Å². The molecule has 0 saturated carbocycles. The van der Waals surface area contributed by atoms with Crippen molar-refractivity contribution >= 4 is 6.09 Å². The van der Waals surface area contributed by atoms with Gasteiger partial charge < -0.3 is 10.5 Å². The number of likely N-dealkylation sites (tertiary alicyclic amines) is 1. The summed E-state index contributed by atoms with van der Waals surface area (Å²) in [5.41, 5.74) is 2.17. The van der Waals surface area contributed by atoms with E-state index in [-0.39, 0.29) is 19.4 Å². The zero-order valence-electron chi connectivity index (χ0n) is 10.8. The largest absolute Gasteiger partial charge is 0.444 e. The van der Waals surface area contributed by atoms with Crippen LogP contribution in [0.25, 0.3) is 0 Å². The van der Waals surface area contributed by atoms with E-state index in [1.165, 1.54) is 0 Å². The standard InChI is InChI=1S/C11H19F3N2O2/c1-9(2,3)18-8(17)16-6-4-5-10(16,7-15)11(12,13)14/h4-7,15H2,1-3H3/t10-/m0/s1. The minimum absolute atomic E-state index is 0.0195. The molecule has 1 fully saturated rings. The van der Waals surface area contributed by atoms with E-state index < -0.39 is 30.0 Å². The molecule has 2 N–H and O–H groups in total. The van der Waals surface area contributed by atoms with Gasteiger partial charge in [0.05, 0.1) is 0 Å². The molecule has 1 heterocycles. The van der Waals surface area contributed by atoms with Gasteiger partial charge in [0.15, 0.2) is 5.54 Å². The molecule has 1 aliphatic heterocycles. The molecule has 0 radical (unpaired) electrons. The third-order valence-corrected chi connectivity index (χ3v) is 2.97. The van der Waals surface area contributed by atoms with Crippen molar-refractivity contribution in [3.63, 3.8) is 0 Å². The number of hydrogen-bond acceptors (Lipinski definition) is 3. The summed E-state index contributed by atoms with van der Waals surface area (Å²) >= 11 is 0. The Hall–Kier alpha value is -0.980. The number of nitrogens with zero attached hydrogens (tertiary/aromatic N) is 1. The van der Waals surface area contributed by atoms with E-state index in [0.717, 1.165) is 4.90 Å². The number of nitrogens with two attached hydrogens (primary N) is 1. The van der Waals surface area contributed by atoms with Crippen molar-refractivity contribution in [1.82, 2.24) is 4.90 Å². The zero-order valence-corrected chi connectivity index (χ0v) is 10.8. The second-order valence-electron chi connectivity index (χ2n) is 5.47. The zero-order chi connectivity index (χ0) is 14.2. The molecule has 1 saturated heterocycles. The van der Waals surface area contributed by atoms with Crippen LogP contribution in [0.2, 0.25) is 0 Å². The van der Waals surface area contributed by atoms with Gasteiger partial charge in [-0.1, -0.05) is 0 Å². The maximum atomic E-state index is 13.1. The highest BCUT2D eigenvalue weighted by Gasteiger charge is 2.61. The highest BCUT2D eigenvalue weighted by molar-refractivity contribution is 5.70. The van der Waals surface area contributed by atoms with Crippen LogP contribution in [0.15, 0.2) is 0 Å². The highest BCUT2D eigenvalue weighted by Crippen LogP contribution is 2.43. The molecule has 0 aromatic rings. The molecular formula is C11H19F3N2O2. The number of carbonyl (C=O) groups excluding carboxylic acids is 1. The summed E-state index contributed by atoms with van der Waals surface area (Å²) in [5.74, 6) is 0. The molecule has 0 aromatic heterocycles. The third-order valence-electron chi connectivity index (χ3n) is 2.97. The number of alkyl halides is 3. The van der Waals surface area contributed by atoms with Crippen molar-refractivity contribution in [2.45, 2.75) is 50.9 Å². The van der Waals surface area contributed by atoms with Crippen LogP contribution in [0.4, 0.5) is 18.0 Å². The molecule has 0 bridgehead atoms. The Bertz CT molecular complexity index is 325. The van der Waals surface area contributed by atoms with E-state index in [2.05, 4.69) is 0 Å². The Morgan fingerprint density at radius 3 is 2.33 bits per heavy atom. The molecule has 106 valence electrons. The Morgan fingerprint density at radius 2 is 1.94 bits per heavy atom. The van der Waals surface area contributed by atoms with E-state index >= 15 is 0 Å². The van der Waals surface area contributed by atoms with Crippen molar-refractivity contribution in [1.29, 1.82) is 0 Å². The van der Waals surface area contributed by atoms with Crippen molar-refractivity contribution in [3.8, 4) is 0 Å². The Balaban J connectivity index is 2.97. The summed E-state index contributed by atoms with van der Waals surface area (Å²) in [4.78, 5) is 12.6. The van der Waals surface area contributed by atoms with Crippen LogP contribution in [-0.2, 0) is 4.74 Å². The van der Waals surface area contributed by atoms with E-state index in [9.17, 15) is 18.0 Å². The van der Waals surface area contributed by atoms with Crippen LogP contribution in [0.3, 0.4) is 0 Å². The lowest BCUT2D eigenvalue weighted by Gasteiger charge is -2.39. The fraction of sp³-hybridized carbons (Fsp3) is 0.909. The van der Waals surface area contributed by atoms with Gasteiger partial charge in [-0.15, -0.1) is 0 Å². The fourth-order valence-electron chi connectivity index (χ4n) is 2.08. The minimum atomic E-state index is -4.55. The first-order valence-electron chi connectivity index (χ1n) is 5.81. The molecular weight excluding hydrogens is 249 g/mol. The minimum Gasteiger partial charge on any atom is -0.444 e. The molecule has 7 heteroatoms. The van der Waals surface area contributed by atoms with Gasteiger partial charge in [0, 0.05) is 13.1 Å². The molecule has 0 unspecified atom stereocenters. The first-order valence-corrected chi connectivity index (χ1v) is 5.81. The number of hydrogen-bond donors (Lipinski definition) is 1. The van der Waals surface area contributed by atoms with Crippen molar-refractivity contribution in [3.05, 3.63) is 0 Å². The lowest BCUT2D eigenvalue weighted by atomic mass is 9.96. The molecule has 0 aliphatic carbocycles. The van der Waals surface area contributed by atoms with Crippen LogP contribution >= 0.6 is 0 Å². The lowest BCUT2D eigenvalue weighted by Crippen LogP contribution is -2.62. The van der Waals surface area contributed by atoms with Gasteiger partial charge in [-0.05, 0) is 33.6 Å². The van der Waals surface area contributed by atoms with Crippen LogP contribution in [0.1, 0.15) is 33.6 Å². The number of halogens is 3. The molecule has 1 aliphatic rings. The molecule has 1 atom stereocenters. The van der Waals surface area contributed by atoms with E-state index in [0.29, 0.717) is 0 Å². The first-order chi connectivity index (χ1) is 8.03. The summed E-state index contributed by atoms with van der Waals surface area (Å²) < 4.78 is 44.4. The van der Waals surface area contributed by atoms with Gasteiger partial charge in [0.25, 0.3) is 0 Å². The van der Waals surface area contributed by atoms with Gasteiger partial charge in [0.2, 0.25) is 0 Å². The second-order valence-corrected chi connectivity index (χ2v) is 5.47. The topological polar surface area (TPSA) is 55.6 Å². The first kappa shape index (κ1) is 15.1. The average Bonchev–Trinajstić information content (AvgIpc) is 2.58.